The van der Waals surface area contributed by atoms with E-state index in [1.807, 2.05) is 12.1 Å². The molecule has 1 atom stereocenters. The van der Waals surface area contributed by atoms with Crippen molar-refractivity contribution in [2.24, 2.45) is 5.73 Å². The average molecular weight is 276 g/mol. The van der Waals surface area contributed by atoms with Gasteiger partial charge < -0.3 is 15.7 Å². The van der Waals surface area contributed by atoms with E-state index >= 15 is 0 Å². The molecule has 0 aliphatic carbocycles. The molecule has 1 aromatic carbocycles. The molecule has 0 saturated carbocycles. The van der Waals surface area contributed by atoms with E-state index in [0.29, 0.717) is 25.1 Å². The number of rotatable bonds is 4. The lowest BCUT2D eigenvalue weighted by Gasteiger charge is -2.31. The van der Waals surface area contributed by atoms with Crippen molar-refractivity contribution in [2.75, 3.05) is 13.1 Å². The highest BCUT2D eigenvalue weighted by Crippen LogP contribution is 2.30. The fourth-order valence-electron chi connectivity index (χ4n) is 2.65. The number of carboxylic acids is 1. The van der Waals surface area contributed by atoms with Crippen LogP contribution in [-0.4, -0.2) is 40.5 Å². The molecule has 20 heavy (non-hydrogen) atoms. The Kier molecular flexibility index (Phi) is 4.09. The van der Waals surface area contributed by atoms with Crippen LogP contribution in [0.15, 0.2) is 24.3 Å². The van der Waals surface area contributed by atoms with Gasteiger partial charge in [0.05, 0.1) is 0 Å². The molecule has 108 valence electrons. The number of hydrogen-bond donors (Lipinski definition) is 2. The van der Waals surface area contributed by atoms with Gasteiger partial charge in [-0.25, -0.2) is 4.79 Å². The van der Waals surface area contributed by atoms with E-state index in [2.05, 4.69) is 0 Å². The van der Waals surface area contributed by atoms with Crippen molar-refractivity contribution in [3.63, 3.8) is 0 Å². The highest BCUT2D eigenvalue weighted by Gasteiger charge is 2.46. The van der Waals surface area contributed by atoms with Crippen LogP contribution in [0.4, 0.5) is 0 Å². The maximum Gasteiger partial charge on any atom is 0.329 e. The zero-order chi connectivity index (χ0) is 14.8. The minimum Gasteiger partial charge on any atom is -0.480 e. The number of likely N-dealkylation sites (tertiary alicyclic amines) is 1. The minimum atomic E-state index is -1.09. The number of amides is 1. The lowest BCUT2D eigenvalue weighted by Crippen LogP contribution is -2.50. The van der Waals surface area contributed by atoms with Gasteiger partial charge in [-0.2, -0.15) is 0 Å². The average Bonchev–Trinajstić information content (AvgIpc) is 2.83. The molecule has 5 nitrogen and oxygen atoms in total. The summed E-state index contributed by atoms with van der Waals surface area (Å²) < 4.78 is 0. The second-order valence-corrected chi connectivity index (χ2v) is 5.37. The lowest BCUT2D eigenvalue weighted by molar-refractivity contribution is -0.147. The standard InChI is InChI=1S/C15H20N2O3/c1-15(14(19)20)8-2-10-17(15)13(18)12-5-3-11(4-6-12)7-9-16/h3-6H,2,7-10,16H2,1H3,(H,19,20). The molecule has 0 spiro atoms. The van der Waals surface area contributed by atoms with Crippen molar-refractivity contribution in [2.45, 2.75) is 31.7 Å². The van der Waals surface area contributed by atoms with Crippen LogP contribution in [-0.2, 0) is 11.2 Å². The summed E-state index contributed by atoms with van der Waals surface area (Å²) in [6.07, 6.45) is 1.99. The van der Waals surface area contributed by atoms with E-state index in [1.165, 1.54) is 4.90 Å². The summed E-state index contributed by atoms with van der Waals surface area (Å²) in [7, 11) is 0. The molecule has 3 N–H and O–H groups in total. The fourth-order valence-corrected chi connectivity index (χ4v) is 2.65. The fraction of sp³-hybridized carbons (Fsp3) is 0.467. The quantitative estimate of drug-likeness (QED) is 0.867. The monoisotopic (exact) mass is 276 g/mol. The van der Waals surface area contributed by atoms with E-state index < -0.39 is 11.5 Å². The highest BCUT2D eigenvalue weighted by atomic mass is 16.4. The number of aliphatic carboxylic acids is 1. The van der Waals surface area contributed by atoms with Gasteiger partial charge in [0.25, 0.3) is 5.91 Å². The first kappa shape index (κ1) is 14.5. The molecular formula is C15H20N2O3. The first-order valence-electron chi connectivity index (χ1n) is 6.83. The largest absolute Gasteiger partial charge is 0.480 e. The molecule has 1 aliphatic rings. The number of nitrogens with zero attached hydrogens (tertiary/aromatic N) is 1. The molecule has 1 aliphatic heterocycles. The predicted octanol–water partition coefficient (Wildman–Crippen LogP) is 1.27. The van der Waals surface area contributed by atoms with Gasteiger partial charge in [-0.3, -0.25) is 4.79 Å². The lowest BCUT2D eigenvalue weighted by atomic mass is 9.98. The van der Waals surface area contributed by atoms with Crippen molar-refractivity contribution in [1.29, 1.82) is 0 Å². The number of nitrogens with two attached hydrogens (primary N) is 1. The smallest absolute Gasteiger partial charge is 0.329 e. The maximum absolute atomic E-state index is 12.5. The van der Waals surface area contributed by atoms with Gasteiger partial charge in [0.1, 0.15) is 5.54 Å². The Labute approximate surface area is 118 Å². The molecule has 0 bridgehead atoms. The van der Waals surface area contributed by atoms with Crippen LogP contribution in [0, 0.1) is 0 Å². The second kappa shape index (κ2) is 5.63. The number of carbonyl (C=O) groups excluding carboxylic acids is 1. The number of hydrogen-bond acceptors (Lipinski definition) is 3. The van der Waals surface area contributed by atoms with Gasteiger partial charge in [-0.1, -0.05) is 12.1 Å². The summed E-state index contributed by atoms with van der Waals surface area (Å²) in [5.74, 6) is -1.16. The Morgan fingerprint density at radius 1 is 1.35 bits per heavy atom. The topological polar surface area (TPSA) is 83.6 Å². The predicted molar refractivity (Wildman–Crippen MR) is 75.5 cm³/mol. The van der Waals surface area contributed by atoms with Crippen LogP contribution >= 0.6 is 0 Å². The third-order valence-corrected chi connectivity index (χ3v) is 3.98. The Balaban J connectivity index is 2.20. The molecular weight excluding hydrogens is 256 g/mol. The summed E-state index contributed by atoms with van der Waals surface area (Å²) in [5.41, 5.74) is 6.00. The van der Waals surface area contributed by atoms with Gasteiger partial charge in [0.2, 0.25) is 0 Å². The van der Waals surface area contributed by atoms with Crippen LogP contribution < -0.4 is 5.73 Å². The summed E-state index contributed by atoms with van der Waals surface area (Å²) in [6, 6.07) is 7.23. The van der Waals surface area contributed by atoms with E-state index in [1.54, 1.807) is 19.1 Å². The second-order valence-electron chi connectivity index (χ2n) is 5.37. The molecule has 0 radical (unpaired) electrons. The number of carboxylic acid groups (broad SMARTS) is 1. The van der Waals surface area contributed by atoms with Crippen molar-refractivity contribution in [1.82, 2.24) is 4.90 Å². The summed E-state index contributed by atoms with van der Waals surface area (Å²) in [5, 5.41) is 9.35. The summed E-state index contributed by atoms with van der Waals surface area (Å²) >= 11 is 0. The molecule has 1 amide bonds. The van der Waals surface area contributed by atoms with Gasteiger partial charge in [0, 0.05) is 12.1 Å². The normalized spacial score (nSPS) is 22.0. The van der Waals surface area contributed by atoms with Crippen LogP contribution in [0.25, 0.3) is 0 Å². The third-order valence-electron chi connectivity index (χ3n) is 3.98. The van der Waals surface area contributed by atoms with E-state index in [0.717, 1.165) is 18.4 Å². The van der Waals surface area contributed by atoms with Crippen LogP contribution in [0.5, 0.6) is 0 Å². The first-order valence-corrected chi connectivity index (χ1v) is 6.83. The van der Waals surface area contributed by atoms with Gasteiger partial charge in [-0.15, -0.1) is 0 Å². The zero-order valence-corrected chi connectivity index (χ0v) is 11.6. The number of carbonyl (C=O) groups is 2. The van der Waals surface area contributed by atoms with Gasteiger partial charge in [0.15, 0.2) is 0 Å². The Morgan fingerprint density at radius 2 is 2.00 bits per heavy atom. The van der Waals surface area contributed by atoms with E-state index in [9.17, 15) is 14.7 Å². The molecule has 1 unspecified atom stereocenters. The summed E-state index contributed by atoms with van der Waals surface area (Å²) in [4.78, 5) is 25.3. The van der Waals surface area contributed by atoms with Crippen LogP contribution in [0.2, 0.25) is 0 Å². The molecule has 1 saturated heterocycles. The van der Waals surface area contributed by atoms with Crippen molar-refractivity contribution in [3.8, 4) is 0 Å². The van der Waals surface area contributed by atoms with Gasteiger partial charge >= 0.3 is 5.97 Å². The first-order chi connectivity index (χ1) is 9.49. The summed E-state index contributed by atoms with van der Waals surface area (Å²) in [6.45, 7) is 2.67. The van der Waals surface area contributed by atoms with Crippen molar-refractivity contribution < 1.29 is 14.7 Å². The SMILES string of the molecule is CC1(C(=O)O)CCCN1C(=O)c1ccc(CCN)cc1. The third kappa shape index (κ3) is 2.54. The molecule has 2 rings (SSSR count). The Bertz CT molecular complexity index is 512. The Morgan fingerprint density at radius 3 is 2.55 bits per heavy atom. The van der Waals surface area contributed by atoms with E-state index in [4.69, 9.17) is 5.73 Å². The number of benzene rings is 1. The molecule has 1 heterocycles. The van der Waals surface area contributed by atoms with Crippen molar-refractivity contribution >= 4 is 11.9 Å². The van der Waals surface area contributed by atoms with Gasteiger partial charge in [-0.05, 0) is 50.4 Å². The molecule has 1 aromatic rings. The molecule has 5 heteroatoms. The van der Waals surface area contributed by atoms with E-state index in [-0.39, 0.29) is 5.91 Å². The highest BCUT2D eigenvalue weighted by molar-refractivity contribution is 5.98. The van der Waals surface area contributed by atoms with Crippen LogP contribution in [0.3, 0.4) is 0 Å². The maximum atomic E-state index is 12.5. The molecule has 1 fully saturated rings. The minimum absolute atomic E-state index is 0.216. The molecule has 0 aromatic heterocycles. The Hall–Kier alpha value is -1.88. The van der Waals surface area contributed by atoms with Crippen molar-refractivity contribution in [3.05, 3.63) is 35.4 Å². The van der Waals surface area contributed by atoms with Crippen LogP contribution in [0.1, 0.15) is 35.7 Å². The zero-order valence-electron chi connectivity index (χ0n) is 11.6.